The highest BCUT2D eigenvalue weighted by molar-refractivity contribution is 7.89. The van der Waals surface area contributed by atoms with E-state index in [0.29, 0.717) is 18.4 Å². The molecule has 3 rings (SSSR count). The Balaban J connectivity index is 1.92. The zero-order valence-corrected chi connectivity index (χ0v) is 16.0. The smallest absolute Gasteiger partial charge is 0.305 e. The molecule has 0 spiro atoms. The van der Waals surface area contributed by atoms with Crippen LogP contribution in [0, 0.1) is 6.92 Å². The molecule has 8 nitrogen and oxygen atoms in total. The maximum absolute atomic E-state index is 13.4. The number of aliphatic carboxylic acids is 1. The topological polar surface area (TPSA) is 113 Å². The molecule has 0 amide bonds. The van der Waals surface area contributed by atoms with E-state index in [9.17, 15) is 18.3 Å². The molecular weight excluding hydrogens is 374 g/mol. The number of sulfonamides is 1. The third-order valence-electron chi connectivity index (χ3n) is 5.02. The van der Waals surface area contributed by atoms with E-state index in [0.717, 1.165) is 0 Å². The summed E-state index contributed by atoms with van der Waals surface area (Å²) in [5.74, 6) is -0.954. The number of aliphatic hydroxyl groups is 1. The number of β-amino-alcohol motifs (C(OH)–C–C–N with tert-alkyl or cyclic N) is 1. The molecule has 0 unspecified atom stereocenters. The van der Waals surface area contributed by atoms with Crippen molar-refractivity contribution in [3.05, 3.63) is 29.8 Å². The van der Waals surface area contributed by atoms with Crippen molar-refractivity contribution in [1.29, 1.82) is 0 Å². The molecule has 2 heterocycles. The fraction of sp³-hybridized carbons (Fsp3) is 0.611. The minimum Gasteiger partial charge on any atom is -0.481 e. The van der Waals surface area contributed by atoms with Gasteiger partial charge in [-0.3, -0.25) is 4.79 Å². The summed E-state index contributed by atoms with van der Waals surface area (Å²) in [6.45, 7) is 1.74. The van der Waals surface area contributed by atoms with Crippen molar-refractivity contribution in [2.75, 3.05) is 19.8 Å². The first-order chi connectivity index (χ1) is 12.8. The molecule has 2 N–H and O–H groups in total. The van der Waals surface area contributed by atoms with Gasteiger partial charge < -0.3 is 19.7 Å². The van der Waals surface area contributed by atoms with Gasteiger partial charge >= 0.3 is 5.97 Å². The number of hydrogen-bond acceptors (Lipinski definition) is 6. The Bertz CT molecular complexity index is 782. The molecule has 2 aliphatic heterocycles. The van der Waals surface area contributed by atoms with E-state index in [1.165, 1.54) is 4.31 Å². The van der Waals surface area contributed by atoms with Crippen molar-refractivity contribution in [3.63, 3.8) is 0 Å². The molecule has 0 bridgehead atoms. The van der Waals surface area contributed by atoms with Crippen molar-refractivity contribution in [3.8, 4) is 0 Å². The zero-order chi connectivity index (χ0) is 19.6. The first-order valence-corrected chi connectivity index (χ1v) is 10.4. The lowest BCUT2D eigenvalue weighted by Gasteiger charge is -2.43. The summed E-state index contributed by atoms with van der Waals surface area (Å²) < 4.78 is 39.3. The van der Waals surface area contributed by atoms with E-state index < -0.39 is 40.3 Å². The number of rotatable bonds is 4. The van der Waals surface area contributed by atoms with Gasteiger partial charge in [-0.2, -0.15) is 4.31 Å². The summed E-state index contributed by atoms with van der Waals surface area (Å²) in [7, 11) is -3.85. The van der Waals surface area contributed by atoms with Crippen LogP contribution in [0.15, 0.2) is 29.2 Å². The van der Waals surface area contributed by atoms with Crippen LogP contribution >= 0.6 is 0 Å². The molecule has 150 valence electrons. The summed E-state index contributed by atoms with van der Waals surface area (Å²) in [6.07, 6.45) is -1.24. The van der Waals surface area contributed by atoms with Crippen LogP contribution in [0.2, 0.25) is 0 Å². The molecule has 0 radical (unpaired) electrons. The van der Waals surface area contributed by atoms with Gasteiger partial charge in [0.1, 0.15) is 0 Å². The number of carboxylic acids is 1. The number of aryl methyl sites for hydroxylation is 1. The Morgan fingerprint density at radius 2 is 2.00 bits per heavy atom. The lowest BCUT2D eigenvalue weighted by atomic mass is 9.96. The van der Waals surface area contributed by atoms with Gasteiger partial charge in [-0.15, -0.1) is 0 Å². The first kappa shape index (κ1) is 20.2. The fourth-order valence-electron chi connectivity index (χ4n) is 3.74. The van der Waals surface area contributed by atoms with E-state index in [1.807, 2.05) is 0 Å². The van der Waals surface area contributed by atoms with Gasteiger partial charge in [-0.25, -0.2) is 8.42 Å². The second kappa shape index (κ2) is 8.24. The Hall–Kier alpha value is -1.52. The van der Waals surface area contributed by atoms with Gasteiger partial charge in [0.2, 0.25) is 10.0 Å². The van der Waals surface area contributed by atoms with Gasteiger partial charge in [-0.05, 0) is 31.4 Å². The number of fused-ring (bicyclic) bond motifs is 1. The van der Waals surface area contributed by atoms with Crippen LogP contribution in [0.1, 0.15) is 24.8 Å². The SMILES string of the molecule is Cc1ccccc1S(=O)(=O)N1C[C@@H](O)COC[C@H]2O[C@H](CC(=O)O)CC[C@@H]21. The van der Waals surface area contributed by atoms with Crippen molar-refractivity contribution in [2.45, 2.75) is 55.4 Å². The van der Waals surface area contributed by atoms with Crippen LogP contribution in [-0.4, -0.2) is 73.0 Å². The van der Waals surface area contributed by atoms with Crippen LogP contribution < -0.4 is 0 Å². The van der Waals surface area contributed by atoms with Gasteiger partial charge in [0.15, 0.2) is 0 Å². The van der Waals surface area contributed by atoms with Crippen LogP contribution in [0.5, 0.6) is 0 Å². The highest BCUT2D eigenvalue weighted by Crippen LogP contribution is 2.32. The zero-order valence-electron chi connectivity index (χ0n) is 15.2. The Labute approximate surface area is 158 Å². The number of carbonyl (C=O) groups is 1. The lowest BCUT2D eigenvalue weighted by Crippen LogP contribution is -2.57. The summed E-state index contributed by atoms with van der Waals surface area (Å²) >= 11 is 0. The molecule has 2 saturated heterocycles. The predicted molar refractivity (Wildman–Crippen MR) is 95.8 cm³/mol. The number of ether oxygens (including phenoxy) is 2. The van der Waals surface area contributed by atoms with E-state index in [1.54, 1.807) is 31.2 Å². The van der Waals surface area contributed by atoms with E-state index in [2.05, 4.69) is 0 Å². The van der Waals surface area contributed by atoms with E-state index in [-0.39, 0.29) is 31.1 Å². The summed E-state index contributed by atoms with van der Waals surface area (Å²) in [6, 6.07) is 6.20. The average molecular weight is 399 g/mol. The third-order valence-corrected chi connectivity index (χ3v) is 7.07. The predicted octanol–water partition coefficient (Wildman–Crippen LogP) is 0.768. The summed E-state index contributed by atoms with van der Waals surface area (Å²) in [5, 5.41) is 19.2. The van der Waals surface area contributed by atoms with Gasteiger partial charge in [0, 0.05) is 6.54 Å². The number of aliphatic hydroxyl groups excluding tert-OH is 1. The summed E-state index contributed by atoms with van der Waals surface area (Å²) in [4.78, 5) is 11.2. The molecule has 27 heavy (non-hydrogen) atoms. The largest absolute Gasteiger partial charge is 0.481 e. The van der Waals surface area contributed by atoms with Crippen LogP contribution in [0.4, 0.5) is 0 Å². The molecule has 0 saturated carbocycles. The van der Waals surface area contributed by atoms with Crippen LogP contribution in [0.3, 0.4) is 0 Å². The second-order valence-electron chi connectivity index (χ2n) is 7.07. The standard InChI is InChI=1S/C18H25NO7S/c1-12-4-2-3-5-17(12)27(23,24)19-9-13(20)10-25-11-16-15(19)7-6-14(26-16)8-18(21)22/h2-5,13-16,20H,6-11H2,1H3,(H,21,22)/t13-,14+,15+,16-/m1/s1. The van der Waals surface area contributed by atoms with E-state index >= 15 is 0 Å². The number of carboxylic acid groups (broad SMARTS) is 1. The molecular formula is C18H25NO7S. The normalized spacial score (nSPS) is 30.1. The second-order valence-corrected chi connectivity index (χ2v) is 8.93. The maximum atomic E-state index is 13.4. The van der Waals surface area contributed by atoms with E-state index in [4.69, 9.17) is 14.6 Å². The summed E-state index contributed by atoms with van der Waals surface area (Å²) in [5.41, 5.74) is 0.627. The molecule has 0 aliphatic carbocycles. The fourth-order valence-corrected chi connectivity index (χ4v) is 5.68. The Kier molecular flexibility index (Phi) is 6.17. The molecule has 0 aromatic heterocycles. The monoisotopic (exact) mass is 399 g/mol. The van der Waals surface area contributed by atoms with Crippen molar-refractivity contribution < 1.29 is 32.9 Å². The van der Waals surface area contributed by atoms with Gasteiger partial charge in [0.25, 0.3) is 0 Å². The Morgan fingerprint density at radius 3 is 2.70 bits per heavy atom. The van der Waals surface area contributed by atoms with Gasteiger partial charge in [-0.1, -0.05) is 18.2 Å². The number of nitrogens with zero attached hydrogens (tertiary/aromatic N) is 1. The quantitative estimate of drug-likeness (QED) is 0.769. The minimum atomic E-state index is -3.85. The number of hydrogen-bond donors (Lipinski definition) is 2. The minimum absolute atomic E-state index is 0.00400. The Morgan fingerprint density at radius 1 is 1.26 bits per heavy atom. The lowest BCUT2D eigenvalue weighted by molar-refractivity contribution is -0.155. The highest BCUT2D eigenvalue weighted by Gasteiger charge is 2.43. The van der Waals surface area contributed by atoms with Crippen LogP contribution in [0.25, 0.3) is 0 Å². The molecule has 9 heteroatoms. The third kappa shape index (κ3) is 4.49. The average Bonchev–Trinajstić information content (AvgIpc) is 2.58. The van der Waals surface area contributed by atoms with Crippen molar-refractivity contribution >= 4 is 16.0 Å². The molecule has 1 aromatic rings. The first-order valence-electron chi connectivity index (χ1n) is 8.99. The molecule has 2 fully saturated rings. The van der Waals surface area contributed by atoms with Crippen molar-refractivity contribution in [2.24, 2.45) is 0 Å². The molecule has 2 aliphatic rings. The van der Waals surface area contributed by atoms with Crippen LogP contribution in [-0.2, 0) is 24.3 Å². The molecule has 1 aromatic carbocycles. The number of benzene rings is 1. The maximum Gasteiger partial charge on any atom is 0.305 e. The highest BCUT2D eigenvalue weighted by atomic mass is 32.2. The molecule has 4 atom stereocenters. The van der Waals surface area contributed by atoms with Crippen molar-refractivity contribution in [1.82, 2.24) is 4.31 Å². The van der Waals surface area contributed by atoms with Gasteiger partial charge in [0.05, 0.1) is 48.9 Å².